The van der Waals surface area contributed by atoms with E-state index >= 15 is 0 Å². The van der Waals surface area contributed by atoms with Gasteiger partial charge in [0.15, 0.2) is 0 Å². The number of nitrogens with one attached hydrogen (secondary N) is 2. The highest BCUT2D eigenvalue weighted by Crippen LogP contribution is 2.11. The number of imidazole rings is 1. The molecule has 0 radical (unpaired) electrons. The number of benzene rings is 2. The fourth-order valence-electron chi connectivity index (χ4n) is 2.77. The van der Waals surface area contributed by atoms with Crippen molar-refractivity contribution in [3.05, 3.63) is 88.5 Å². The normalized spacial score (nSPS) is 10.3. The molecule has 0 saturated heterocycles. The molecule has 0 aliphatic carbocycles. The topological polar surface area (TPSA) is 57.8 Å². The van der Waals surface area contributed by atoms with E-state index in [4.69, 9.17) is 11.6 Å². The van der Waals surface area contributed by atoms with Crippen LogP contribution in [-0.4, -0.2) is 22.4 Å². The molecule has 0 unspecified atom stereocenters. The number of halogens is 2. The van der Waals surface area contributed by atoms with E-state index in [0.29, 0.717) is 13.0 Å². The molecule has 2 aromatic carbocycles. The fraction of sp³-hybridized carbons (Fsp3) is 0.238. The Balaban J connectivity index is 0.00000261. The summed E-state index contributed by atoms with van der Waals surface area (Å²) in [5.41, 5.74) is 4.66. The Kier molecular flexibility index (Phi) is 8.37. The van der Waals surface area contributed by atoms with Crippen LogP contribution in [0.4, 0.5) is 0 Å². The van der Waals surface area contributed by atoms with Crippen molar-refractivity contribution in [2.75, 3.05) is 6.54 Å². The van der Waals surface area contributed by atoms with E-state index in [9.17, 15) is 4.79 Å². The Hall–Kier alpha value is -2.30. The maximum Gasteiger partial charge on any atom is 0.220 e. The second-order valence-electron chi connectivity index (χ2n) is 6.30. The van der Waals surface area contributed by atoms with Crippen LogP contribution in [-0.2, 0) is 24.1 Å². The van der Waals surface area contributed by atoms with Crippen molar-refractivity contribution < 1.29 is 4.79 Å². The van der Waals surface area contributed by atoms with Crippen LogP contribution in [0.25, 0.3) is 0 Å². The predicted octanol–water partition coefficient (Wildman–Crippen LogP) is 4.37. The van der Waals surface area contributed by atoms with Crippen LogP contribution in [0.1, 0.15) is 28.8 Å². The molecule has 0 spiro atoms. The molecule has 0 fully saturated rings. The average molecular weight is 404 g/mol. The van der Waals surface area contributed by atoms with E-state index in [2.05, 4.69) is 39.6 Å². The summed E-state index contributed by atoms with van der Waals surface area (Å²) in [6, 6.07) is 16.1. The van der Waals surface area contributed by atoms with Gasteiger partial charge in [0, 0.05) is 36.3 Å². The lowest BCUT2D eigenvalue weighted by molar-refractivity contribution is -0.121. The zero-order valence-electron chi connectivity index (χ0n) is 15.0. The standard InChI is InChI=1S/C21H22ClN3O.ClH/c22-19-8-5-17(6-9-19)11-12-24-21(26)10-7-16-1-3-18(4-2-16)13-20-14-23-15-25-20;/h1-6,8-9,14-15H,7,10-13H2,(H,23,25)(H,24,26);1H. The van der Waals surface area contributed by atoms with Gasteiger partial charge in [-0.05, 0) is 41.7 Å². The number of nitrogens with zero attached hydrogens (tertiary/aromatic N) is 1. The summed E-state index contributed by atoms with van der Waals surface area (Å²) in [5.74, 6) is 0.0838. The Morgan fingerprint density at radius 3 is 2.26 bits per heavy atom. The summed E-state index contributed by atoms with van der Waals surface area (Å²) in [7, 11) is 0. The van der Waals surface area contributed by atoms with Crippen LogP contribution >= 0.6 is 24.0 Å². The number of hydrogen-bond donors (Lipinski definition) is 2. The summed E-state index contributed by atoms with van der Waals surface area (Å²) >= 11 is 5.87. The second-order valence-corrected chi connectivity index (χ2v) is 6.73. The van der Waals surface area contributed by atoms with Gasteiger partial charge in [0.25, 0.3) is 0 Å². The first-order valence-corrected chi connectivity index (χ1v) is 9.13. The van der Waals surface area contributed by atoms with Gasteiger partial charge in [-0.1, -0.05) is 48.0 Å². The monoisotopic (exact) mass is 403 g/mol. The molecule has 2 N–H and O–H groups in total. The maximum atomic E-state index is 12.0. The van der Waals surface area contributed by atoms with Crippen LogP contribution in [0, 0.1) is 0 Å². The molecule has 27 heavy (non-hydrogen) atoms. The third-order valence-electron chi connectivity index (χ3n) is 4.26. The maximum absolute atomic E-state index is 12.0. The molecular weight excluding hydrogens is 381 g/mol. The number of carbonyl (C=O) groups is 1. The minimum Gasteiger partial charge on any atom is -0.356 e. The van der Waals surface area contributed by atoms with E-state index in [-0.39, 0.29) is 18.3 Å². The number of aromatic nitrogens is 2. The van der Waals surface area contributed by atoms with Crippen molar-refractivity contribution in [3.63, 3.8) is 0 Å². The van der Waals surface area contributed by atoms with Gasteiger partial charge in [0.05, 0.1) is 6.33 Å². The Morgan fingerprint density at radius 2 is 1.59 bits per heavy atom. The summed E-state index contributed by atoms with van der Waals surface area (Å²) < 4.78 is 0. The Bertz CT molecular complexity index is 816. The van der Waals surface area contributed by atoms with Gasteiger partial charge in [0.1, 0.15) is 0 Å². The van der Waals surface area contributed by atoms with Crippen LogP contribution in [0.2, 0.25) is 5.02 Å². The molecule has 4 nitrogen and oxygen atoms in total. The Morgan fingerprint density at radius 1 is 0.963 bits per heavy atom. The summed E-state index contributed by atoms with van der Waals surface area (Å²) in [4.78, 5) is 19.1. The molecule has 0 saturated carbocycles. The lowest BCUT2D eigenvalue weighted by Crippen LogP contribution is -2.25. The number of H-pyrrole nitrogens is 1. The van der Waals surface area contributed by atoms with E-state index in [0.717, 1.165) is 30.0 Å². The van der Waals surface area contributed by atoms with Crippen LogP contribution in [0.5, 0.6) is 0 Å². The van der Waals surface area contributed by atoms with Gasteiger partial charge < -0.3 is 10.3 Å². The summed E-state index contributed by atoms with van der Waals surface area (Å²) in [6.45, 7) is 0.642. The predicted molar refractivity (Wildman–Crippen MR) is 112 cm³/mol. The highest BCUT2D eigenvalue weighted by atomic mass is 35.5. The van der Waals surface area contributed by atoms with Gasteiger partial charge in [-0.3, -0.25) is 4.79 Å². The fourth-order valence-corrected chi connectivity index (χ4v) is 2.89. The number of rotatable bonds is 8. The third-order valence-corrected chi connectivity index (χ3v) is 4.51. The van der Waals surface area contributed by atoms with Crippen LogP contribution < -0.4 is 5.32 Å². The lowest BCUT2D eigenvalue weighted by atomic mass is 10.0. The van der Waals surface area contributed by atoms with E-state index < -0.39 is 0 Å². The molecule has 0 atom stereocenters. The van der Waals surface area contributed by atoms with Gasteiger partial charge >= 0.3 is 0 Å². The quantitative estimate of drug-likeness (QED) is 0.586. The average Bonchev–Trinajstić information content (AvgIpc) is 3.16. The van der Waals surface area contributed by atoms with Crippen molar-refractivity contribution in [2.24, 2.45) is 0 Å². The van der Waals surface area contributed by atoms with Crippen molar-refractivity contribution in [2.45, 2.75) is 25.7 Å². The first-order chi connectivity index (χ1) is 12.7. The first kappa shape index (κ1) is 21.0. The first-order valence-electron chi connectivity index (χ1n) is 8.75. The molecule has 3 aromatic rings. The molecular formula is C21H23Cl2N3O. The molecule has 1 amide bonds. The van der Waals surface area contributed by atoms with E-state index in [1.807, 2.05) is 30.5 Å². The summed E-state index contributed by atoms with van der Waals surface area (Å²) in [5, 5.41) is 3.70. The largest absolute Gasteiger partial charge is 0.356 e. The highest BCUT2D eigenvalue weighted by molar-refractivity contribution is 6.30. The van der Waals surface area contributed by atoms with Crippen molar-refractivity contribution >= 4 is 29.9 Å². The summed E-state index contributed by atoms with van der Waals surface area (Å²) in [6.07, 6.45) is 6.42. The molecule has 0 aliphatic heterocycles. The zero-order chi connectivity index (χ0) is 18.2. The van der Waals surface area contributed by atoms with E-state index in [1.54, 1.807) is 6.33 Å². The van der Waals surface area contributed by atoms with Gasteiger partial charge in [0.2, 0.25) is 5.91 Å². The molecule has 0 aliphatic rings. The van der Waals surface area contributed by atoms with Crippen molar-refractivity contribution in [1.82, 2.24) is 15.3 Å². The number of aromatic amines is 1. The van der Waals surface area contributed by atoms with Crippen LogP contribution in [0.15, 0.2) is 61.1 Å². The van der Waals surface area contributed by atoms with Crippen molar-refractivity contribution in [3.8, 4) is 0 Å². The molecule has 3 rings (SSSR count). The minimum absolute atomic E-state index is 0. The van der Waals surface area contributed by atoms with Gasteiger partial charge in [-0.2, -0.15) is 0 Å². The molecule has 1 aromatic heterocycles. The smallest absolute Gasteiger partial charge is 0.220 e. The molecule has 0 bridgehead atoms. The molecule has 6 heteroatoms. The Labute approximate surface area is 170 Å². The number of carbonyl (C=O) groups excluding carboxylic acids is 1. The molecule has 142 valence electrons. The third kappa shape index (κ3) is 7.08. The number of amides is 1. The SMILES string of the molecule is Cl.O=C(CCc1ccc(Cc2cnc[nH]2)cc1)NCCc1ccc(Cl)cc1. The number of aryl methyl sites for hydroxylation is 1. The second kappa shape index (κ2) is 10.8. The zero-order valence-corrected chi connectivity index (χ0v) is 16.5. The van der Waals surface area contributed by atoms with E-state index in [1.165, 1.54) is 16.7 Å². The van der Waals surface area contributed by atoms with Crippen LogP contribution in [0.3, 0.4) is 0 Å². The molecule has 1 heterocycles. The van der Waals surface area contributed by atoms with Crippen molar-refractivity contribution in [1.29, 1.82) is 0 Å². The lowest BCUT2D eigenvalue weighted by Gasteiger charge is -2.06. The van der Waals surface area contributed by atoms with Gasteiger partial charge in [-0.25, -0.2) is 4.98 Å². The minimum atomic E-state index is 0. The highest BCUT2D eigenvalue weighted by Gasteiger charge is 2.03. The number of hydrogen-bond acceptors (Lipinski definition) is 2. The van der Waals surface area contributed by atoms with Gasteiger partial charge in [-0.15, -0.1) is 12.4 Å².